The Labute approximate surface area is 148 Å². The van der Waals surface area contributed by atoms with Crippen LogP contribution in [0.15, 0.2) is 0 Å². The van der Waals surface area contributed by atoms with Crippen LogP contribution in [0.4, 0.5) is 0 Å². The van der Waals surface area contributed by atoms with E-state index in [2.05, 4.69) is 10.6 Å². The highest BCUT2D eigenvalue weighted by molar-refractivity contribution is 7.80. The predicted molar refractivity (Wildman–Crippen MR) is 101 cm³/mol. The molecule has 23 heavy (non-hydrogen) atoms. The number of quaternary nitrogens is 1. The predicted octanol–water partition coefficient (Wildman–Crippen LogP) is 2.55. The molecule has 3 rings (SSSR count). The van der Waals surface area contributed by atoms with Crippen molar-refractivity contribution in [2.24, 2.45) is 0 Å². The molecule has 0 aromatic heterocycles. The summed E-state index contributed by atoms with van der Waals surface area (Å²) in [5, 5.41) is 8.14. The number of piperidine rings is 1. The van der Waals surface area contributed by atoms with Gasteiger partial charge < -0.3 is 15.5 Å². The average Bonchev–Trinajstić information content (AvgIpc) is 2.62. The second-order valence-electron chi connectivity index (χ2n) is 8.17. The van der Waals surface area contributed by atoms with Crippen molar-refractivity contribution in [3.63, 3.8) is 0 Å². The van der Waals surface area contributed by atoms with Gasteiger partial charge in [-0.3, -0.25) is 0 Å². The Hall–Kier alpha value is -0.350. The standard InChI is InChI=1S/C19H35N3S/c23-18(21-17-10-4-1-5-11-17)20-16-19(12-6-2-7-13-19)22-14-8-3-9-15-22/h17H,1-16H2,(H2,20,21,23)/p+1. The van der Waals surface area contributed by atoms with Crippen LogP contribution in [0.2, 0.25) is 0 Å². The zero-order chi connectivity index (χ0) is 16.0. The third-order valence-electron chi connectivity index (χ3n) is 6.55. The van der Waals surface area contributed by atoms with Gasteiger partial charge >= 0.3 is 0 Å². The molecule has 0 amide bonds. The fourth-order valence-electron chi connectivity index (χ4n) is 5.13. The summed E-state index contributed by atoms with van der Waals surface area (Å²) in [6, 6.07) is 0.619. The maximum Gasteiger partial charge on any atom is 0.166 e. The van der Waals surface area contributed by atoms with Crippen LogP contribution in [0.25, 0.3) is 0 Å². The Balaban J connectivity index is 1.52. The topological polar surface area (TPSA) is 28.5 Å². The Bertz CT molecular complexity index is 367. The number of hydrogen-bond acceptors (Lipinski definition) is 1. The molecule has 1 heterocycles. The summed E-state index contributed by atoms with van der Waals surface area (Å²) in [7, 11) is 0. The highest BCUT2D eigenvalue weighted by Gasteiger charge is 2.42. The smallest absolute Gasteiger partial charge is 0.166 e. The molecular weight excluding hydrogens is 302 g/mol. The molecule has 1 saturated heterocycles. The molecule has 3 N–H and O–H groups in total. The minimum atomic E-state index is 0.455. The fraction of sp³-hybridized carbons (Fsp3) is 0.947. The van der Waals surface area contributed by atoms with Crippen LogP contribution >= 0.6 is 12.2 Å². The Morgan fingerprint density at radius 3 is 2.17 bits per heavy atom. The number of rotatable bonds is 4. The van der Waals surface area contributed by atoms with E-state index in [1.54, 1.807) is 0 Å². The number of nitrogens with one attached hydrogen (secondary N) is 3. The van der Waals surface area contributed by atoms with Crippen molar-refractivity contribution in [1.29, 1.82) is 0 Å². The molecule has 4 heteroatoms. The number of thiocarbonyl (C=S) groups is 1. The van der Waals surface area contributed by atoms with Crippen molar-refractivity contribution in [2.45, 2.75) is 95.1 Å². The molecule has 0 unspecified atom stereocenters. The van der Waals surface area contributed by atoms with Gasteiger partial charge in [0.05, 0.1) is 19.6 Å². The summed E-state index contributed by atoms with van der Waals surface area (Å²) in [6.07, 6.45) is 18.0. The summed E-state index contributed by atoms with van der Waals surface area (Å²) < 4.78 is 0. The van der Waals surface area contributed by atoms with Gasteiger partial charge in [-0.05, 0) is 57.2 Å². The van der Waals surface area contributed by atoms with Crippen LogP contribution in [-0.2, 0) is 0 Å². The van der Waals surface area contributed by atoms with Crippen molar-refractivity contribution in [3.8, 4) is 0 Å². The van der Waals surface area contributed by atoms with Gasteiger partial charge in [0.1, 0.15) is 5.54 Å². The first-order valence-electron chi connectivity index (χ1n) is 10.2. The van der Waals surface area contributed by atoms with E-state index in [1.807, 2.05) is 4.90 Å². The normalized spacial score (nSPS) is 26.6. The van der Waals surface area contributed by atoms with Gasteiger partial charge in [0.15, 0.2) is 5.11 Å². The quantitative estimate of drug-likeness (QED) is 0.688. The van der Waals surface area contributed by atoms with Crippen molar-refractivity contribution in [1.82, 2.24) is 10.6 Å². The van der Waals surface area contributed by atoms with Gasteiger partial charge in [-0.25, -0.2) is 0 Å². The molecule has 0 aromatic rings. The largest absolute Gasteiger partial charge is 0.360 e. The second-order valence-corrected chi connectivity index (χ2v) is 8.58. The monoisotopic (exact) mass is 338 g/mol. The van der Waals surface area contributed by atoms with Crippen molar-refractivity contribution in [3.05, 3.63) is 0 Å². The Morgan fingerprint density at radius 1 is 0.870 bits per heavy atom. The summed E-state index contributed by atoms with van der Waals surface area (Å²) >= 11 is 5.62. The van der Waals surface area contributed by atoms with E-state index in [1.165, 1.54) is 96.6 Å². The minimum absolute atomic E-state index is 0.455. The lowest BCUT2D eigenvalue weighted by molar-refractivity contribution is -0.957. The molecule has 3 nitrogen and oxygen atoms in total. The van der Waals surface area contributed by atoms with Gasteiger partial charge in [-0.15, -0.1) is 0 Å². The molecule has 2 aliphatic carbocycles. The molecule has 3 aliphatic rings. The highest BCUT2D eigenvalue weighted by atomic mass is 32.1. The average molecular weight is 339 g/mol. The zero-order valence-electron chi connectivity index (χ0n) is 14.8. The van der Waals surface area contributed by atoms with Crippen LogP contribution in [0.5, 0.6) is 0 Å². The Morgan fingerprint density at radius 2 is 1.48 bits per heavy atom. The third kappa shape index (κ3) is 4.82. The van der Waals surface area contributed by atoms with Crippen LogP contribution in [0.1, 0.15) is 83.5 Å². The van der Waals surface area contributed by atoms with Crippen molar-refractivity contribution < 1.29 is 4.90 Å². The van der Waals surface area contributed by atoms with Crippen LogP contribution in [-0.4, -0.2) is 36.3 Å². The first-order chi connectivity index (χ1) is 11.3. The zero-order valence-corrected chi connectivity index (χ0v) is 15.6. The number of likely N-dealkylation sites (tertiary alicyclic amines) is 1. The lowest BCUT2D eigenvalue weighted by Gasteiger charge is -2.45. The first-order valence-corrected chi connectivity index (χ1v) is 10.6. The molecular formula is C19H36N3S+. The van der Waals surface area contributed by atoms with E-state index in [0.717, 1.165) is 11.7 Å². The van der Waals surface area contributed by atoms with Gasteiger partial charge in [0, 0.05) is 18.9 Å². The molecule has 0 aromatic carbocycles. The molecule has 132 valence electrons. The Kier molecular flexibility index (Phi) is 6.58. The molecule has 1 aliphatic heterocycles. The second kappa shape index (κ2) is 8.66. The molecule has 0 spiro atoms. The van der Waals surface area contributed by atoms with Gasteiger partial charge in [0.2, 0.25) is 0 Å². The van der Waals surface area contributed by atoms with E-state index in [-0.39, 0.29) is 0 Å². The van der Waals surface area contributed by atoms with Gasteiger partial charge in [-0.1, -0.05) is 25.7 Å². The summed E-state index contributed by atoms with van der Waals surface area (Å²) in [4.78, 5) is 1.87. The summed E-state index contributed by atoms with van der Waals surface area (Å²) in [6.45, 7) is 3.84. The maximum atomic E-state index is 5.62. The van der Waals surface area contributed by atoms with Crippen LogP contribution in [0, 0.1) is 0 Å². The molecule has 0 radical (unpaired) electrons. The van der Waals surface area contributed by atoms with Crippen molar-refractivity contribution in [2.75, 3.05) is 19.6 Å². The van der Waals surface area contributed by atoms with Gasteiger partial charge in [-0.2, -0.15) is 0 Å². The number of hydrogen-bond donors (Lipinski definition) is 3. The SMILES string of the molecule is S=C(NCC1([NH+]2CCCCC2)CCCCC1)NC1CCCCC1. The van der Waals surface area contributed by atoms with Crippen LogP contribution < -0.4 is 15.5 Å². The molecule has 3 fully saturated rings. The lowest BCUT2D eigenvalue weighted by Crippen LogP contribution is -3.22. The maximum absolute atomic E-state index is 5.62. The van der Waals surface area contributed by atoms with E-state index in [4.69, 9.17) is 12.2 Å². The highest BCUT2D eigenvalue weighted by Crippen LogP contribution is 2.26. The third-order valence-corrected chi connectivity index (χ3v) is 6.81. The van der Waals surface area contributed by atoms with E-state index >= 15 is 0 Å². The van der Waals surface area contributed by atoms with Crippen LogP contribution in [0.3, 0.4) is 0 Å². The molecule has 2 saturated carbocycles. The van der Waals surface area contributed by atoms with E-state index < -0.39 is 0 Å². The first kappa shape index (κ1) is 17.5. The summed E-state index contributed by atoms with van der Waals surface area (Å²) in [5.74, 6) is 0. The molecule has 0 atom stereocenters. The minimum Gasteiger partial charge on any atom is -0.360 e. The molecule has 0 bridgehead atoms. The fourth-order valence-corrected chi connectivity index (χ4v) is 5.36. The lowest BCUT2D eigenvalue weighted by atomic mass is 9.79. The summed E-state index contributed by atoms with van der Waals surface area (Å²) in [5.41, 5.74) is 0.455. The van der Waals surface area contributed by atoms with E-state index in [9.17, 15) is 0 Å². The van der Waals surface area contributed by atoms with E-state index in [0.29, 0.717) is 11.6 Å². The van der Waals surface area contributed by atoms with Crippen molar-refractivity contribution >= 4 is 17.3 Å². The van der Waals surface area contributed by atoms with Gasteiger partial charge in [0.25, 0.3) is 0 Å².